The number of aliphatic hydroxyl groups is 1. The Morgan fingerprint density at radius 2 is 2.27 bits per heavy atom. The molecule has 11 heavy (non-hydrogen) atoms. The Balaban J connectivity index is 2.55. The molecular weight excluding hydrogens is 146 g/mol. The van der Waals surface area contributed by atoms with Crippen LogP contribution in [0.4, 0.5) is 0 Å². The minimum atomic E-state index is -1.38. The summed E-state index contributed by atoms with van der Waals surface area (Å²) in [5, 5.41) is 20.1. The predicted molar refractivity (Wildman–Crippen MR) is 38.8 cm³/mol. The average Bonchev–Trinajstić information content (AvgIpc) is 2.05. The lowest BCUT2D eigenvalue weighted by molar-refractivity contribution is -0.147. The molecule has 2 atom stereocenters. The number of aliphatic hydroxyl groups excluding tert-OH is 1. The standard InChI is InChI=1S/C7H9NO3/c9-6(7(10)11)5-3-1-2-4-8-5/h1-6,8-9H,(H,10,11). The molecule has 4 nitrogen and oxygen atoms in total. The third kappa shape index (κ3) is 1.81. The third-order valence-corrected chi connectivity index (χ3v) is 1.41. The summed E-state index contributed by atoms with van der Waals surface area (Å²) in [5.41, 5.74) is 0. The van der Waals surface area contributed by atoms with Gasteiger partial charge in [0.15, 0.2) is 6.10 Å². The fraction of sp³-hybridized carbons (Fsp3) is 0.286. The number of carboxylic acids is 1. The molecule has 0 aromatic rings. The number of nitrogens with one attached hydrogen (secondary N) is 1. The van der Waals surface area contributed by atoms with E-state index in [0.29, 0.717) is 0 Å². The summed E-state index contributed by atoms with van der Waals surface area (Å²) in [6, 6.07) is -0.516. The van der Waals surface area contributed by atoms with Gasteiger partial charge in [-0.05, 0) is 12.3 Å². The molecule has 0 saturated carbocycles. The van der Waals surface area contributed by atoms with E-state index in [9.17, 15) is 4.79 Å². The molecule has 4 heteroatoms. The molecule has 0 radical (unpaired) electrons. The number of hydrogen-bond acceptors (Lipinski definition) is 3. The summed E-state index contributed by atoms with van der Waals surface area (Å²) < 4.78 is 0. The smallest absolute Gasteiger partial charge is 0.335 e. The highest BCUT2D eigenvalue weighted by molar-refractivity contribution is 5.73. The van der Waals surface area contributed by atoms with Crippen LogP contribution in [0.1, 0.15) is 0 Å². The number of dihydropyridines is 1. The van der Waals surface area contributed by atoms with Crippen molar-refractivity contribution in [2.45, 2.75) is 12.1 Å². The fourth-order valence-electron chi connectivity index (χ4n) is 0.812. The Labute approximate surface area is 63.8 Å². The highest BCUT2D eigenvalue weighted by atomic mass is 16.4. The van der Waals surface area contributed by atoms with Gasteiger partial charge >= 0.3 is 5.97 Å². The van der Waals surface area contributed by atoms with Gasteiger partial charge in [0.1, 0.15) is 0 Å². The normalized spacial score (nSPS) is 24.3. The maximum absolute atomic E-state index is 10.3. The van der Waals surface area contributed by atoms with Crippen molar-refractivity contribution in [1.82, 2.24) is 5.32 Å². The largest absolute Gasteiger partial charge is 0.479 e. The maximum Gasteiger partial charge on any atom is 0.335 e. The number of allylic oxidation sites excluding steroid dienone is 2. The highest BCUT2D eigenvalue weighted by Gasteiger charge is 2.22. The molecule has 0 bridgehead atoms. The Hall–Kier alpha value is -1.29. The van der Waals surface area contributed by atoms with Crippen LogP contribution in [0, 0.1) is 0 Å². The van der Waals surface area contributed by atoms with Gasteiger partial charge in [-0.2, -0.15) is 0 Å². The lowest BCUT2D eigenvalue weighted by atomic mass is 10.1. The van der Waals surface area contributed by atoms with E-state index >= 15 is 0 Å². The van der Waals surface area contributed by atoms with Crippen molar-refractivity contribution < 1.29 is 15.0 Å². The van der Waals surface area contributed by atoms with Crippen LogP contribution in [0.2, 0.25) is 0 Å². The summed E-state index contributed by atoms with van der Waals surface area (Å²) in [6.07, 6.45) is 5.23. The van der Waals surface area contributed by atoms with Crippen molar-refractivity contribution in [1.29, 1.82) is 0 Å². The molecule has 1 rings (SSSR count). The van der Waals surface area contributed by atoms with Crippen molar-refractivity contribution in [3.05, 3.63) is 24.4 Å². The van der Waals surface area contributed by atoms with Gasteiger partial charge in [0.05, 0.1) is 6.04 Å². The van der Waals surface area contributed by atoms with Crippen molar-refractivity contribution in [2.75, 3.05) is 0 Å². The van der Waals surface area contributed by atoms with Crippen molar-refractivity contribution >= 4 is 5.97 Å². The van der Waals surface area contributed by atoms with Crippen LogP contribution in [0.5, 0.6) is 0 Å². The molecule has 0 aromatic heterocycles. The minimum Gasteiger partial charge on any atom is -0.479 e. The quantitative estimate of drug-likeness (QED) is 0.501. The molecule has 0 aliphatic carbocycles. The second kappa shape index (κ2) is 3.21. The third-order valence-electron chi connectivity index (χ3n) is 1.41. The molecular formula is C7H9NO3. The monoisotopic (exact) mass is 155 g/mol. The van der Waals surface area contributed by atoms with Crippen LogP contribution >= 0.6 is 0 Å². The molecule has 1 heterocycles. The van der Waals surface area contributed by atoms with Crippen LogP contribution in [-0.4, -0.2) is 28.3 Å². The predicted octanol–water partition coefficient (Wildman–Crippen LogP) is -0.526. The zero-order chi connectivity index (χ0) is 8.27. The minimum absolute atomic E-state index is 0.516. The second-order valence-corrected chi connectivity index (χ2v) is 2.22. The van der Waals surface area contributed by atoms with E-state index in [1.54, 1.807) is 24.4 Å². The number of rotatable bonds is 2. The topological polar surface area (TPSA) is 69.6 Å². The van der Waals surface area contributed by atoms with E-state index in [4.69, 9.17) is 10.2 Å². The SMILES string of the molecule is O=C(O)C(O)C1C=CC=CN1. The van der Waals surface area contributed by atoms with E-state index in [1.807, 2.05) is 0 Å². The van der Waals surface area contributed by atoms with Gasteiger partial charge in [-0.15, -0.1) is 0 Å². The van der Waals surface area contributed by atoms with Crippen molar-refractivity contribution in [3.63, 3.8) is 0 Å². The Morgan fingerprint density at radius 1 is 1.55 bits per heavy atom. The molecule has 0 saturated heterocycles. The van der Waals surface area contributed by atoms with Gasteiger partial charge in [-0.3, -0.25) is 0 Å². The van der Waals surface area contributed by atoms with Crippen LogP contribution < -0.4 is 5.32 Å². The number of carboxylic acid groups (broad SMARTS) is 1. The maximum atomic E-state index is 10.3. The van der Waals surface area contributed by atoms with Crippen LogP contribution in [-0.2, 0) is 4.79 Å². The Bertz CT molecular complexity index is 210. The van der Waals surface area contributed by atoms with E-state index in [1.165, 1.54) is 0 Å². The zero-order valence-electron chi connectivity index (χ0n) is 5.77. The molecule has 0 spiro atoms. The average molecular weight is 155 g/mol. The first kappa shape index (κ1) is 7.81. The Kier molecular flexibility index (Phi) is 2.28. The van der Waals surface area contributed by atoms with Crippen molar-refractivity contribution in [3.8, 4) is 0 Å². The lowest BCUT2D eigenvalue weighted by Crippen LogP contribution is -2.41. The van der Waals surface area contributed by atoms with Gasteiger partial charge < -0.3 is 15.5 Å². The molecule has 1 aliphatic rings. The zero-order valence-corrected chi connectivity index (χ0v) is 5.77. The van der Waals surface area contributed by atoms with Crippen LogP contribution in [0.3, 0.4) is 0 Å². The first-order valence-electron chi connectivity index (χ1n) is 3.22. The molecule has 0 aromatic carbocycles. The molecule has 3 N–H and O–H groups in total. The van der Waals surface area contributed by atoms with E-state index in [2.05, 4.69) is 5.32 Å². The molecule has 0 fully saturated rings. The summed E-state index contributed by atoms with van der Waals surface area (Å²) in [5.74, 6) is -1.22. The second-order valence-electron chi connectivity index (χ2n) is 2.22. The van der Waals surface area contributed by atoms with Crippen LogP contribution in [0.15, 0.2) is 24.4 Å². The van der Waals surface area contributed by atoms with Gasteiger partial charge in [-0.1, -0.05) is 12.2 Å². The fourth-order valence-corrected chi connectivity index (χ4v) is 0.812. The van der Waals surface area contributed by atoms with Gasteiger partial charge in [0.2, 0.25) is 0 Å². The molecule has 60 valence electrons. The lowest BCUT2D eigenvalue weighted by Gasteiger charge is -2.18. The summed E-state index contributed by atoms with van der Waals surface area (Å²) in [7, 11) is 0. The van der Waals surface area contributed by atoms with E-state index < -0.39 is 18.1 Å². The summed E-state index contributed by atoms with van der Waals surface area (Å²) >= 11 is 0. The highest BCUT2D eigenvalue weighted by Crippen LogP contribution is 2.00. The molecule has 0 amide bonds. The summed E-state index contributed by atoms with van der Waals surface area (Å²) in [6.45, 7) is 0. The van der Waals surface area contributed by atoms with Crippen molar-refractivity contribution in [2.24, 2.45) is 0 Å². The number of hydrogen-bond donors (Lipinski definition) is 3. The summed E-state index contributed by atoms with van der Waals surface area (Å²) in [4.78, 5) is 10.3. The van der Waals surface area contributed by atoms with E-state index in [-0.39, 0.29) is 0 Å². The van der Waals surface area contributed by atoms with Crippen LogP contribution in [0.25, 0.3) is 0 Å². The van der Waals surface area contributed by atoms with Gasteiger partial charge in [0, 0.05) is 0 Å². The van der Waals surface area contributed by atoms with E-state index in [0.717, 1.165) is 0 Å². The van der Waals surface area contributed by atoms with Gasteiger partial charge in [-0.25, -0.2) is 4.79 Å². The Morgan fingerprint density at radius 3 is 2.73 bits per heavy atom. The first-order valence-corrected chi connectivity index (χ1v) is 3.22. The van der Waals surface area contributed by atoms with Gasteiger partial charge in [0.25, 0.3) is 0 Å². The number of aliphatic carboxylic acids is 1. The molecule has 2 unspecified atom stereocenters. The first-order chi connectivity index (χ1) is 5.22. The number of carbonyl (C=O) groups is 1. The molecule has 1 aliphatic heterocycles.